The number of rotatable bonds is 4. The second kappa shape index (κ2) is 5.67. The molecule has 0 saturated heterocycles. The molecule has 0 aliphatic carbocycles. The summed E-state index contributed by atoms with van der Waals surface area (Å²) < 4.78 is 0. The third-order valence-electron chi connectivity index (χ3n) is 3.17. The van der Waals surface area contributed by atoms with Gasteiger partial charge in [0.2, 0.25) is 0 Å². The number of aryl methyl sites for hydroxylation is 1. The molecule has 0 aliphatic rings. The summed E-state index contributed by atoms with van der Waals surface area (Å²) in [6.45, 7) is 2.14. The number of anilines is 1. The van der Waals surface area contributed by atoms with E-state index in [-0.39, 0.29) is 6.04 Å². The van der Waals surface area contributed by atoms with Crippen LogP contribution in [0.5, 0.6) is 0 Å². The second-order valence-corrected chi connectivity index (χ2v) is 4.33. The highest BCUT2D eigenvalue weighted by molar-refractivity contribution is 5.51. The molecule has 0 aliphatic heterocycles. The number of nitrogen functional groups attached to an aromatic ring is 1. The van der Waals surface area contributed by atoms with Crippen molar-refractivity contribution in [3.05, 3.63) is 65.2 Å². The molecule has 1 atom stereocenters. The van der Waals surface area contributed by atoms with E-state index in [0.29, 0.717) is 0 Å². The lowest BCUT2D eigenvalue weighted by molar-refractivity contribution is 0.638. The van der Waals surface area contributed by atoms with Crippen molar-refractivity contribution in [3.63, 3.8) is 0 Å². The van der Waals surface area contributed by atoms with E-state index >= 15 is 0 Å². The fraction of sp³-hybridized carbons (Fsp3) is 0.200. The Morgan fingerprint density at radius 1 is 1.11 bits per heavy atom. The third kappa shape index (κ3) is 2.53. The minimum absolute atomic E-state index is 0.0716. The zero-order valence-corrected chi connectivity index (χ0v) is 10.6. The van der Waals surface area contributed by atoms with Crippen LogP contribution >= 0.6 is 0 Å². The Kier molecular flexibility index (Phi) is 3.97. The Morgan fingerprint density at radius 2 is 1.89 bits per heavy atom. The number of hydrazine groups is 1. The Hall–Kier alpha value is -1.84. The monoisotopic (exact) mass is 241 g/mol. The van der Waals surface area contributed by atoms with Gasteiger partial charge in [0.25, 0.3) is 0 Å². The molecule has 0 fully saturated rings. The van der Waals surface area contributed by atoms with Crippen molar-refractivity contribution in [1.82, 2.24) is 5.43 Å². The van der Waals surface area contributed by atoms with Crippen molar-refractivity contribution in [2.75, 3.05) is 5.73 Å². The first-order chi connectivity index (χ1) is 8.76. The van der Waals surface area contributed by atoms with Gasteiger partial charge >= 0.3 is 0 Å². The van der Waals surface area contributed by atoms with Gasteiger partial charge in [0.05, 0.1) is 6.04 Å². The maximum absolute atomic E-state index is 6.01. The molecule has 0 aromatic heterocycles. The number of para-hydroxylation sites is 1. The van der Waals surface area contributed by atoms with Crippen LogP contribution in [0.4, 0.5) is 5.69 Å². The van der Waals surface area contributed by atoms with Gasteiger partial charge in [-0.3, -0.25) is 5.84 Å². The van der Waals surface area contributed by atoms with Crippen molar-refractivity contribution in [2.24, 2.45) is 5.84 Å². The van der Waals surface area contributed by atoms with Crippen LogP contribution in [0.3, 0.4) is 0 Å². The highest BCUT2D eigenvalue weighted by atomic mass is 15.2. The number of nitrogens with two attached hydrogens (primary N) is 2. The van der Waals surface area contributed by atoms with Gasteiger partial charge in [-0.2, -0.15) is 0 Å². The molecule has 3 nitrogen and oxygen atoms in total. The van der Waals surface area contributed by atoms with Crippen LogP contribution in [-0.2, 0) is 6.42 Å². The maximum atomic E-state index is 6.01. The van der Waals surface area contributed by atoms with E-state index < -0.39 is 0 Å². The van der Waals surface area contributed by atoms with Gasteiger partial charge in [0, 0.05) is 5.69 Å². The minimum atomic E-state index is -0.0716. The standard InChI is InChI=1S/C15H19N3/c1-2-11-6-5-7-12(10-11)15(18-17)13-8-3-4-9-14(13)16/h3-10,15,18H,2,16-17H2,1H3. The molecule has 5 N–H and O–H groups in total. The van der Waals surface area contributed by atoms with Crippen LogP contribution in [0.25, 0.3) is 0 Å². The first kappa shape index (κ1) is 12.6. The Labute approximate surface area is 108 Å². The van der Waals surface area contributed by atoms with E-state index in [1.54, 1.807) is 0 Å². The average Bonchev–Trinajstić information content (AvgIpc) is 2.42. The fourth-order valence-electron chi connectivity index (χ4n) is 2.13. The van der Waals surface area contributed by atoms with Gasteiger partial charge < -0.3 is 5.73 Å². The largest absolute Gasteiger partial charge is 0.398 e. The molecule has 2 aromatic rings. The number of hydrogen-bond donors (Lipinski definition) is 3. The molecule has 0 amide bonds. The van der Waals surface area contributed by atoms with Crippen LogP contribution in [-0.4, -0.2) is 0 Å². The second-order valence-electron chi connectivity index (χ2n) is 4.33. The van der Waals surface area contributed by atoms with Crippen molar-refractivity contribution < 1.29 is 0 Å². The Morgan fingerprint density at radius 3 is 2.56 bits per heavy atom. The summed E-state index contributed by atoms with van der Waals surface area (Å²) in [4.78, 5) is 0. The molecular formula is C15H19N3. The van der Waals surface area contributed by atoms with Crippen LogP contribution in [0.1, 0.15) is 29.7 Å². The molecule has 18 heavy (non-hydrogen) atoms. The van der Waals surface area contributed by atoms with Crippen molar-refractivity contribution in [3.8, 4) is 0 Å². The van der Waals surface area contributed by atoms with Crippen molar-refractivity contribution in [2.45, 2.75) is 19.4 Å². The summed E-state index contributed by atoms with van der Waals surface area (Å²) in [6.07, 6.45) is 1.01. The molecule has 94 valence electrons. The van der Waals surface area contributed by atoms with E-state index in [1.807, 2.05) is 24.3 Å². The number of hydrogen-bond acceptors (Lipinski definition) is 3. The smallest absolute Gasteiger partial charge is 0.0730 e. The zero-order valence-electron chi connectivity index (χ0n) is 10.6. The van der Waals surface area contributed by atoms with Crippen LogP contribution < -0.4 is 17.0 Å². The minimum Gasteiger partial charge on any atom is -0.398 e. The summed E-state index contributed by atoms with van der Waals surface area (Å²) in [5.74, 6) is 5.69. The first-order valence-corrected chi connectivity index (χ1v) is 6.15. The topological polar surface area (TPSA) is 64.1 Å². The van der Waals surface area contributed by atoms with Gasteiger partial charge in [-0.05, 0) is 29.2 Å². The van der Waals surface area contributed by atoms with Crippen LogP contribution in [0, 0.1) is 0 Å². The van der Waals surface area contributed by atoms with Gasteiger partial charge in [-0.1, -0.05) is 49.4 Å². The highest BCUT2D eigenvalue weighted by Crippen LogP contribution is 2.26. The predicted octanol–water partition coefficient (Wildman–Crippen LogP) is 2.38. The molecule has 1 unspecified atom stereocenters. The van der Waals surface area contributed by atoms with Gasteiger partial charge in [-0.25, -0.2) is 5.43 Å². The molecule has 3 heteroatoms. The molecule has 0 heterocycles. The number of benzene rings is 2. The van der Waals surface area contributed by atoms with Gasteiger partial charge in [0.1, 0.15) is 0 Å². The summed E-state index contributed by atoms with van der Waals surface area (Å²) in [5.41, 5.74) is 13.0. The third-order valence-corrected chi connectivity index (χ3v) is 3.17. The highest BCUT2D eigenvalue weighted by Gasteiger charge is 2.14. The summed E-state index contributed by atoms with van der Waals surface area (Å²) in [6, 6.07) is 16.1. The first-order valence-electron chi connectivity index (χ1n) is 6.15. The molecule has 0 spiro atoms. The Bertz CT molecular complexity index is 523. The van der Waals surface area contributed by atoms with E-state index in [9.17, 15) is 0 Å². The maximum Gasteiger partial charge on any atom is 0.0730 e. The SMILES string of the molecule is CCc1cccc(C(NN)c2ccccc2N)c1. The summed E-state index contributed by atoms with van der Waals surface area (Å²) >= 11 is 0. The quantitative estimate of drug-likeness (QED) is 0.437. The fourth-order valence-corrected chi connectivity index (χ4v) is 2.13. The average molecular weight is 241 g/mol. The zero-order chi connectivity index (χ0) is 13.0. The van der Waals surface area contributed by atoms with Gasteiger partial charge in [-0.15, -0.1) is 0 Å². The summed E-state index contributed by atoms with van der Waals surface area (Å²) in [5, 5.41) is 0. The molecule has 2 aromatic carbocycles. The van der Waals surface area contributed by atoms with E-state index in [2.05, 4.69) is 36.6 Å². The van der Waals surface area contributed by atoms with Crippen LogP contribution in [0.2, 0.25) is 0 Å². The van der Waals surface area contributed by atoms with E-state index in [1.165, 1.54) is 5.56 Å². The van der Waals surface area contributed by atoms with Crippen molar-refractivity contribution in [1.29, 1.82) is 0 Å². The molecule has 0 saturated carbocycles. The Balaban J connectivity index is 2.42. The van der Waals surface area contributed by atoms with Crippen LogP contribution in [0.15, 0.2) is 48.5 Å². The van der Waals surface area contributed by atoms with Gasteiger partial charge in [0.15, 0.2) is 0 Å². The predicted molar refractivity (Wildman–Crippen MR) is 75.8 cm³/mol. The molecule has 2 rings (SSSR count). The number of nitrogens with one attached hydrogen (secondary N) is 1. The molecule has 0 bridgehead atoms. The molecular weight excluding hydrogens is 222 g/mol. The van der Waals surface area contributed by atoms with E-state index in [4.69, 9.17) is 11.6 Å². The van der Waals surface area contributed by atoms with E-state index in [0.717, 1.165) is 23.2 Å². The van der Waals surface area contributed by atoms with Crippen molar-refractivity contribution >= 4 is 5.69 Å². The lowest BCUT2D eigenvalue weighted by atomic mass is 9.96. The normalized spacial score (nSPS) is 12.3. The molecule has 0 radical (unpaired) electrons. The lowest BCUT2D eigenvalue weighted by Gasteiger charge is -2.19. The summed E-state index contributed by atoms with van der Waals surface area (Å²) in [7, 11) is 0. The lowest BCUT2D eigenvalue weighted by Crippen LogP contribution is -2.29.